The number of halogens is 1. The number of nitrogens with one attached hydrogen (secondary N) is 1. The summed E-state index contributed by atoms with van der Waals surface area (Å²) in [6, 6.07) is 6.43. The fraction of sp³-hybridized carbons (Fsp3) is 0.429. The van der Waals surface area contributed by atoms with Crippen molar-refractivity contribution in [3.05, 3.63) is 34.9 Å². The zero-order valence-electron chi connectivity index (χ0n) is 11.2. The highest BCUT2D eigenvalue weighted by Crippen LogP contribution is 2.34. The third-order valence-corrected chi connectivity index (χ3v) is 5.42. The summed E-state index contributed by atoms with van der Waals surface area (Å²) in [5.41, 5.74) is -0.261. The topological polar surface area (TPSA) is 69.6 Å². The summed E-state index contributed by atoms with van der Waals surface area (Å²) in [4.78, 5) is 25.6. The van der Waals surface area contributed by atoms with Crippen molar-refractivity contribution >= 4 is 35.3 Å². The summed E-state index contributed by atoms with van der Waals surface area (Å²) in [6.07, 6.45) is -0.349. The molecule has 3 rings (SSSR count). The van der Waals surface area contributed by atoms with Crippen molar-refractivity contribution < 1.29 is 14.7 Å². The van der Waals surface area contributed by atoms with Crippen LogP contribution in [0.15, 0.2) is 24.3 Å². The first kappa shape index (κ1) is 14.7. The number of aliphatic hydroxyl groups excluding tert-OH is 1. The van der Waals surface area contributed by atoms with Crippen molar-refractivity contribution in [3.63, 3.8) is 0 Å². The van der Waals surface area contributed by atoms with E-state index in [0.29, 0.717) is 22.8 Å². The Balaban J connectivity index is 1.77. The van der Waals surface area contributed by atoms with E-state index in [-0.39, 0.29) is 12.5 Å². The lowest BCUT2D eigenvalue weighted by Crippen LogP contribution is -2.47. The zero-order chi connectivity index (χ0) is 15.0. The van der Waals surface area contributed by atoms with Crippen LogP contribution in [0.4, 0.5) is 4.79 Å². The molecule has 21 heavy (non-hydrogen) atoms. The van der Waals surface area contributed by atoms with Crippen LogP contribution in [0.2, 0.25) is 5.02 Å². The maximum atomic E-state index is 12.5. The fourth-order valence-electron chi connectivity index (χ4n) is 2.69. The number of nitrogens with zero attached hydrogens (tertiary/aromatic N) is 1. The number of urea groups is 1. The first-order valence-corrected chi connectivity index (χ1v) is 8.21. The second-order valence-electron chi connectivity index (χ2n) is 5.27. The molecule has 2 aliphatic heterocycles. The Hall–Kier alpha value is -1.24. The van der Waals surface area contributed by atoms with Crippen LogP contribution in [0.3, 0.4) is 0 Å². The third-order valence-electron chi connectivity index (χ3n) is 3.89. The van der Waals surface area contributed by atoms with Gasteiger partial charge in [0.2, 0.25) is 0 Å². The maximum absolute atomic E-state index is 12.5. The predicted octanol–water partition coefficient (Wildman–Crippen LogP) is 1.80. The van der Waals surface area contributed by atoms with Crippen LogP contribution in [-0.2, 0) is 4.79 Å². The third kappa shape index (κ3) is 2.52. The first-order chi connectivity index (χ1) is 10.0. The highest BCUT2D eigenvalue weighted by atomic mass is 35.5. The molecule has 0 radical (unpaired) electrons. The largest absolute Gasteiger partial charge is 0.386 e. The number of rotatable bonds is 3. The second kappa shape index (κ2) is 5.51. The highest BCUT2D eigenvalue weighted by molar-refractivity contribution is 7.99. The first-order valence-electron chi connectivity index (χ1n) is 6.68. The summed E-state index contributed by atoms with van der Waals surface area (Å²) in [7, 11) is 0. The molecular weight excluding hydrogens is 312 g/mol. The Morgan fingerprint density at radius 3 is 2.86 bits per heavy atom. The van der Waals surface area contributed by atoms with Crippen LogP contribution < -0.4 is 5.32 Å². The van der Waals surface area contributed by atoms with Gasteiger partial charge in [-0.05, 0) is 18.2 Å². The molecule has 2 N–H and O–H groups in total. The van der Waals surface area contributed by atoms with E-state index in [1.165, 1.54) is 0 Å². The molecule has 0 aromatic heterocycles. The molecule has 2 heterocycles. The van der Waals surface area contributed by atoms with Gasteiger partial charge >= 0.3 is 6.03 Å². The van der Waals surface area contributed by atoms with E-state index in [9.17, 15) is 14.7 Å². The van der Waals surface area contributed by atoms with Gasteiger partial charge in [0.1, 0.15) is 5.54 Å². The Morgan fingerprint density at radius 1 is 1.43 bits per heavy atom. The van der Waals surface area contributed by atoms with Gasteiger partial charge in [0, 0.05) is 16.3 Å². The van der Waals surface area contributed by atoms with Gasteiger partial charge in [-0.3, -0.25) is 9.69 Å². The molecule has 0 saturated carbocycles. The summed E-state index contributed by atoms with van der Waals surface area (Å²) < 4.78 is 0. The molecule has 0 bridgehead atoms. The van der Waals surface area contributed by atoms with Crippen LogP contribution in [0.5, 0.6) is 0 Å². The molecule has 2 aliphatic rings. The zero-order valence-corrected chi connectivity index (χ0v) is 12.8. The van der Waals surface area contributed by atoms with Crippen LogP contribution >= 0.6 is 23.4 Å². The maximum Gasteiger partial charge on any atom is 0.325 e. The SMILES string of the molecule is O=C1N[C@@]2(CCSC2)C(=O)N1C[C@@H](O)c1ccccc1Cl. The molecular formula is C14H15ClN2O3S. The smallest absolute Gasteiger partial charge is 0.325 e. The molecule has 112 valence electrons. The van der Waals surface area contributed by atoms with E-state index < -0.39 is 17.7 Å². The van der Waals surface area contributed by atoms with Gasteiger partial charge in [0.25, 0.3) is 5.91 Å². The summed E-state index contributed by atoms with van der Waals surface area (Å²) in [6.45, 7) is -0.0825. The number of aliphatic hydroxyl groups is 1. The lowest BCUT2D eigenvalue weighted by Gasteiger charge is -2.21. The molecule has 2 atom stereocenters. The number of thioether (sulfide) groups is 1. The lowest BCUT2D eigenvalue weighted by atomic mass is 9.99. The van der Waals surface area contributed by atoms with Gasteiger partial charge in [0.15, 0.2) is 0 Å². The standard InChI is InChI=1S/C14H15ClN2O3S/c15-10-4-2-1-3-9(10)11(18)7-17-12(19)14(16-13(17)20)5-6-21-8-14/h1-4,11,18H,5-8H2,(H,16,20)/t11-,14-/m1/s1. The lowest BCUT2D eigenvalue weighted by molar-refractivity contribution is -0.131. The van der Waals surface area contributed by atoms with Crippen molar-refractivity contribution in [3.8, 4) is 0 Å². The monoisotopic (exact) mass is 326 g/mol. The predicted molar refractivity (Wildman–Crippen MR) is 81.3 cm³/mol. The summed E-state index contributed by atoms with van der Waals surface area (Å²) in [5, 5.41) is 13.5. The molecule has 1 spiro atoms. The molecule has 0 unspecified atom stereocenters. The number of carbonyl (C=O) groups excluding carboxylic acids is 2. The number of β-amino-alcohol motifs (C(OH)–C–C–N with tert-alkyl or cyclic N) is 1. The van der Waals surface area contributed by atoms with Gasteiger partial charge < -0.3 is 10.4 Å². The minimum Gasteiger partial charge on any atom is -0.386 e. The number of imide groups is 1. The number of benzene rings is 1. The molecule has 1 aromatic rings. The van der Waals surface area contributed by atoms with Crippen molar-refractivity contribution in [1.29, 1.82) is 0 Å². The number of hydrogen-bond acceptors (Lipinski definition) is 4. The van der Waals surface area contributed by atoms with Crippen LogP contribution in [-0.4, -0.2) is 45.5 Å². The molecule has 2 fully saturated rings. The van der Waals surface area contributed by atoms with E-state index in [0.717, 1.165) is 10.7 Å². The molecule has 3 amide bonds. The van der Waals surface area contributed by atoms with Crippen molar-refractivity contribution in [2.75, 3.05) is 18.1 Å². The Morgan fingerprint density at radius 2 is 2.19 bits per heavy atom. The van der Waals surface area contributed by atoms with Crippen molar-refractivity contribution in [2.24, 2.45) is 0 Å². The molecule has 5 nitrogen and oxygen atoms in total. The molecule has 0 aliphatic carbocycles. The fourth-order valence-corrected chi connectivity index (χ4v) is 4.28. The van der Waals surface area contributed by atoms with Crippen LogP contribution in [0, 0.1) is 0 Å². The van der Waals surface area contributed by atoms with Gasteiger partial charge in [0.05, 0.1) is 12.6 Å². The van der Waals surface area contributed by atoms with Crippen LogP contribution in [0.1, 0.15) is 18.1 Å². The molecule has 7 heteroatoms. The Labute approximate surface area is 131 Å². The Bertz CT molecular complexity index is 589. The number of carbonyl (C=O) groups is 2. The number of hydrogen-bond donors (Lipinski definition) is 2. The average molecular weight is 327 g/mol. The van der Waals surface area contributed by atoms with Crippen molar-refractivity contribution in [2.45, 2.75) is 18.1 Å². The van der Waals surface area contributed by atoms with Gasteiger partial charge in [-0.1, -0.05) is 29.8 Å². The quantitative estimate of drug-likeness (QED) is 0.831. The molecule has 2 saturated heterocycles. The van der Waals surface area contributed by atoms with Gasteiger partial charge in [-0.2, -0.15) is 11.8 Å². The second-order valence-corrected chi connectivity index (χ2v) is 6.78. The number of amides is 3. The highest BCUT2D eigenvalue weighted by Gasteiger charge is 2.53. The van der Waals surface area contributed by atoms with Gasteiger partial charge in [-0.25, -0.2) is 4.79 Å². The summed E-state index contributed by atoms with van der Waals surface area (Å²) in [5.74, 6) is 1.20. The van der Waals surface area contributed by atoms with Crippen molar-refractivity contribution in [1.82, 2.24) is 10.2 Å². The van der Waals surface area contributed by atoms with E-state index in [1.54, 1.807) is 36.0 Å². The van der Waals surface area contributed by atoms with E-state index in [4.69, 9.17) is 11.6 Å². The van der Waals surface area contributed by atoms with E-state index in [2.05, 4.69) is 5.32 Å². The summed E-state index contributed by atoms with van der Waals surface area (Å²) >= 11 is 7.68. The normalized spacial score (nSPS) is 26.5. The Kier molecular flexibility index (Phi) is 3.86. The minimum absolute atomic E-state index is 0.0825. The van der Waals surface area contributed by atoms with E-state index >= 15 is 0 Å². The average Bonchev–Trinajstić information content (AvgIpc) is 3.01. The van der Waals surface area contributed by atoms with E-state index in [1.807, 2.05) is 0 Å². The van der Waals surface area contributed by atoms with Gasteiger partial charge in [-0.15, -0.1) is 0 Å². The van der Waals surface area contributed by atoms with Crippen LogP contribution in [0.25, 0.3) is 0 Å². The minimum atomic E-state index is -0.988. The molecule has 1 aromatic carbocycles.